The SMILES string of the molecule is NC1CCC(NC(=O)CCCc2ccncc2)CC1. The normalized spacial score (nSPS) is 23.0. The van der Waals surface area contributed by atoms with Crippen molar-refractivity contribution in [2.45, 2.75) is 57.0 Å². The van der Waals surface area contributed by atoms with Gasteiger partial charge >= 0.3 is 0 Å². The van der Waals surface area contributed by atoms with E-state index in [-0.39, 0.29) is 5.91 Å². The number of nitrogens with two attached hydrogens (primary N) is 1. The van der Waals surface area contributed by atoms with Gasteiger partial charge in [-0.3, -0.25) is 9.78 Å². The summed E-state index contributed by atoms with van der Waals surface area (Å²) in [4.78, 5) is 15.8. The first-order chi connectivity index (χ1) is 9.24. The van der Waals surface area contributed by atoms with Crippen LogP contribution in [0.3, 0.4) is 0 Å². The zero-order valence-corrected chi connectivity index (χ0v) is 11.3. The molecule has 1 aromatic rings. The van der Waals surface area contributed by atoms with Crippen LogP contribution in [-0.4, -0.2) is 23.0 Å². The summed E-state index contributed by atoms with van der Waals surface area (Å²) in [5, 5.41) is 3.12. The second-order valence-corrected chi connectivity index (χ2v) is 5.39. The molecule has 1 aromatic heterocycles. The molecule has 1 heterocycles. The number of hydrogen-bond acceptors (Lipinski definition) is 3. The molecule has 0 aromatic carbocycles. The van der Waals surface area contributed by atoms with Gasteiger partial charge in [-0.2, -0.15) is 0 Å². The average Bonchev–Trinajstić information content (AvgIpc) is 2.43. The molecule has 1 aliphatic rings. The fourth-order valence-electron chi connectivity index (χ4n) is 2.57. The Morgan fingerprint density at radius 1 is 1.26 bits per heavy atom. The number of carbonyl (C=O) groups excluding carboxylic acids is 1. The molecule has 0 bridgehead atoms. The fourth-order valence-corrected chi connectivity index (χ4v) is 2.57. The minimum atomic E-state index is 0.175. The minimum Gasteiger partial charge on any atom is -0.353 e. The Balaban J connectivity index is 1.62. The van der Waals surface area contributed by atoms with Gasteiger partial charge in [0.15, 0.2) is 0 Å². The van der Waals surface area contributed by atoms with Crippen LogP contribution in [0, 0.1) is 0 Å². The molecular formula is C15H23N3O. The predicted octanol–water partition coefficient (Wildman–Crippen LogP) is 1.79. The smallest absolute Gasteiger partial charge is 0.220 e. The highest BCUT2D eigenvalue weighted by atomic mass is 16.1. The molecular weight excluding hydrogens is 238 g/mol. The molecule has 1 aliphatic carbocycles. The van der Waals surface area contributed by atoms with Crippen LogP contribution in [0.15, 0.2) is 24.5 Å². The summed E-state index contributed by atoms with van der Waals surface area (Å²) in [6, 6.07) is 4.67. The Labute approximate surface area is 114 Å². The molecule has 1 fully saturated rings. The third-order valence-electron chi connectivity index (χ3n) is 3.76. The molecule has 0 saturated heterocycles. The van der Waals surface area contributed by atoms with Crippen LogP contribution in [-0.2, 0) is 11.2 Å². The molecule has 3 N–H and O–H groups in total. The van der Waals surface area contributed by atoms with Crippen LogP contribution < -0.4 is 11.1 Å². The Morgan fingerprint density at radius 2 is 1.95 bits per heavy atom. The highest BCUT2D eigenvalue weighted by molar-refractivity contribution is 5.76. The maximum atomic E-state index is 11.8. The van der Waals surface area contributed by atoms with Crippen LogP contribution in [0.5, 0.6) is 0 Å². The molecule has 0 atom stereocenters. The first-order valence-corrected chi connectivity index (χ1v) is 7.18. The number of amides is 1. The number of pyridine rings is 1. The summed E-state index contributed by atoms with van der Waals surface area (Å²) in [5.41, 5.74) is 7.10. The van der Waals surface area contributed by atoms with Gasteiger partial charge in [0.25, 0.3) is 0 Å². The highest BCUT2D eigenvalue weighted by Crippen LogP contribution is 2.17. The van der Waals surface area contributed by atoms with Crippen molar-refractivity contribution in [3.8, 4) is 0 Å². The first kappa shape index (κ1) is 14.0. The minimum absolute atomic E-state index is 0.175. The number of rotatable bonds is 5. The summed E-state index contributed by atoms with van der Waals surface area (Å²) in [6.07, 6.45) is 10.1. The van der Waals surface area contributed by atoms with E-state index < -0.39 is 0 Å². The maximum Gasteiger partial charge on any atom is 0.220 e. The summed E-state index contributed by atoms with van der Waals surface area (Å²) in [6.45, 7) is 0. The monoisotopic (exact) mass is 261 g/mol. The zero-order valence-electron chi connectivity index (χ0n) is 11.3. The van der Waals surface area contributed by atoms with Gasteiger partial charge in [0.05, 0.1) is 0 Å². The topological polar surface area (TPSA) is 68.0 Å². The largest absolute Gasteiger partial charge is 0.353 e. The molecule has 1 saturated carbocycles. The number of hydrogen-bond donors (Lipinski definition) is 2. The lowest BCUT2D eigenvalue weighted by molar-refractivity contribution is -0.122. The number of carbonyl (C=O) groups is 1. The van der Waals surface area contributed by atoms with E-state index in [9.17, 15) is 4.79 Å². The van der Waals surface area contributed by atoms with E-state index in [0.29, 0.717) is 18.5 Å². The Kier molecular flexibility index (Phi) is 5.33. The van der Waals surface area contributed by atoms with Crippen molar-refractivity contribution in [3.63, 3.8) is 0 Å². The van der Waals surface area contributed by atoms with Crippen molar-refractivity contribution >= 4 is 5.91 Å². The van der Waals surface area contributed by atoms with Crippen molar-refractivity contribution in [2.75, 3.05) is 0 Å². The highest BCUT2D eigenvalue weighted by Gasteiger charge is 2.19. The molecule has 4 nitrogen and oxygen atoms in total. The second kappa shape index (κ2) is 7.24. The lowest BCUT2D eigenvalue weighted by atomic mass is 9.92. The number of aryl methyl sites for hydroxylation is 1. The second-order valence-electron chi connectivity index (χ2n) is 5.39. The van der Waals surface area contributed by atoms with Gasteiger partial charge in [-0.15, -0.1) is 0 Å². The summed E-state index contributed by atoms with van der Waals surface area (Å²) >= 11 is 0. The van der Waals surface area contributed by atoms with Gasteiger partial charge in [-0.05, 0) is 56.2 Å². The van der Waals surface area contributed by atoms with Crippen molar-refractivity contribution in [3.05, 3.63) is 30.1 Å². The van der Waals surface area contributed by atoms with Gasteiger partial charge in [-0.1, -0.05) is 0 Å². The van der Waals surface area contributed by atoms with E-state index in [1.165, 1.54) is 5.56 Å². The molecule has 0 radical (unpaired) electrons. The lowest BCUT2D eigenvalue weighted by Gasteiger charge is -2.26. The Bertz CT molecular complexity index is 386. The predicted molar refractivity (Wildman–Crippen MR) is 75.5 cm³/mol. The van der Waals surface area contributed by atoms with E-state index >= 15 is 0 Å². The van der Waals surface area contributed by atoms with Gasteiger partial charge in [-0.25, -0.2) is 0 Å². The van der Waals surface area contributed by atoms with Crippen LogP contribution >= 0.6 is 0 Å². The van der Waals surface area contributed by atoms with Crippen molar-refractivity contribution in [2.24, 2.45) is 5.73 Å². The Morgan fingerprint density at radius 3 is 2.63 bits per heavy atom. The molecule has 0 aliphatic heterocycles. The molecule has 2 rings (SSSR count). The standard InChI is InChI=1S/C15H23N3O/c16-13-4-6-14(7-5-13)18-15(19)3-1-2-12-8-10-17-11-9-12/h8-11,13-14H,1-7,16H2,(H,18,19). The summed E-state index contributed by atoms with van der Waals surface area (Å²) in [5.74, 6) is 0.175. The van der Waals surface area contributed by atoms with Crippen molar-refractivity contribution < 1.29 is 4.79 Å². The number of aromatic nitrogens is 1. The van der Waals surface area contributed by atoms with Gasteiger partial charge in [0, 0.05) is 30.9 Å². The first-order valence-electron chi connectivity index (χ1n) is 7.18. The van der Waals surface area contributed by atoms with Gasteiger partial charge < -0.3 is 11.1 Å². The van der Waals surface area contributed by atoms with E-state index in [2.05, 4.69) is 10.3 Å². The van der Waals surface area contributed by atoms with Crippen LogP contribution in [0.2, 0.25) is 0 Å². The summed E-state index contributed by atoms with van der Waals surface area (Å²) in [7, 11) is 0. The van der Waals surface area contributed by atoms with E-state index in [1.807, 2.05) is 12.1 Å². The van der Waals surface area contributed by atoms with Crippen LogP contribution in [0.1, 0.15) is 44.1 Å². The fraction of sp³-hybridized carbons (Fsp3) is 0.600. The summed E-state index contributed by atoms with van der Waals surface area (Å²) < 4.78 is 0. The third-order valence-corrected chi connectivity index (χ3v) is 3.76. The molecule has 19 heavy (non-hydrogen) atoms. The quantitative estimate of drug-likeness (QED) is 0.849. The maximum absolute atomic E-state index is 11.8. The third kappa shape index (κ3) is 4.99. The number of nitrogens with one attached hydrogen (secondary N) is 1. The zero-order chi connectivity index (χ0) is 13.5. The van der Waals surface area contributed by atoms with Crippen molar-refractivity contribution in [1.29, 1.82) is 0 Å². The van der Waals surface area contributed by atoms with Gasteiger partial charge in [0.1, 0.15) is 0 Å². The van der Waals surface area contributed by atoms with E-state index in [0.717, 1.165) is 38.5 Å². The molecule has 4 heteroatoms. The van der Waals surface area contributed by atoms with Crippen LogP contribution in [0.25, 0.3) is 0 Å². The van der Waals surface area contributed by atoms with Gasteiger partial charge in [0.2, 0.25) is 5.91 Å². The Hall–Kier alpha value is -1.42. The van der Waals surface area contributed by atoms with E-state index in [4.69, 9.17) is 5.73 Å². The number of nitrogens with zero attached hydrogens (tertiary/aromatic N) is 1. The van der Waals surface area contributed by atoms with E-state index in [1.54, 1.807) is 12.4 Å². The molecule has 0 spiro atoms. The lowest BCUT2D eigenvalue weighted by Crippen LogP contribution is -2.40. The average molecular weight is 261 g/mol. The van der Waals surface area contributed by atoms with Crippen molar-refractivity contribution in [1.82, 2.24) is 10.3 Å². The van der Waals surface area contributed by atoms with Crippen LogP contribution in [0.4, 0.5) is 0 Å². The molecule has 0 unspecified atom stereocenters. The molecule has 104 valence electrons. The molecule has 1 amide bonds.